The molecule has 2 aromatic rings. The number of hydrogen-bond acceptors (Lipinski definition) is 6. The number of Topliss-reactive ketones (excluding diaryl/α,β-unsaturated/α-hetero) is 1. The number of ketones is 1. The third-order valence-corrected chi connectivity index (χ3v) is 7.23. The molecule has 1 aromatic carbocycles. The van der Waals surface area contributed by atoms with E-state index in [1.807, 2.05) is 7.05 Å². The van der Waals surface area contributed by atoms with Crippen LogP contribution in [0.25, 0.3) is 0 Å². The zero-order valence-electron chi connectivity index (χ0n) is 21.2. The van der Waals surface area contributed by atoms with Crippen LogP contribution in [0, 0.1) is 0 Å². The molecule has 0 unspecified atom stereocenters. The number of likely N-dealkylation sites (N-methyl/N-ethyl adjacent to an activating group) is 1. The Labute approximate surface area is 220 Å². The number of fused-ring (bicyclic) bond motifs is 2. The van der Waals surface area contributed by atoms with Gasteiger partial charge in [0.15, 0.2) is 11.5 Å². The molecule has 39 heavy (non-hydrogen) atoms. The van der Waals surface area contributed by atoms with Crippen molar-refractivity contribution < 1.29 is 50.1 Å². The van der Waals surface area contributed by atoms with E-state index in [9.17, 15) is 35.9 Å². The number of likely N-dealkylation sites (tertiary alicyclic amines) is 1. The number of alkyl halides is 6. The Hall–Kier alpha value is -3.26. The van der Waals surface area contributed by atoms with Gasteiger partial charge in [0.05, 0.1) is 24.9 Å². The predicted octanol–water partition coefficient (Wildman–Crippen LogP) is 4.23. The van der Waals surface area contributed by atoms with Crippen LogP contribution in [-0.4, -0.2) is 85.6 Å². The molecule has 2 aliphatic rings. The fourth-order valence-electron chi connectivity index (χ4n) is 5.25. The molecule has 0 N–H and O–H groups in total. The number of amides is 1. The molecule has 1 spiro atoms. The molecule has 3 heterocycles. The number of aromatic nitrogens is 1. The van der Waals surface area contributed by atoms with Crippen LogP contribution < -0.4 is 9.47 Å². The summed E-state index contributed by atoms with van der Waals surface area (Å²) in [6.45, 7) is 0.214. The molecule has 0 atom stereocenters. The number of nitrogens with zero attached hydrogens (tertiary/aromatic N) is 3. The summed E-state index contributed by atoms with van der Waals surface area (Å²) in [4.78, 5) is 28.9. The molecule has 2 aliphatic heterocycles. The van der Waals surface area contributed by atoms with Gasteiger partial charge in [-0.15, -0.1) is 13.2 Å². The smallest absolute Gasteiger partial charge is 0.493 e. The maximum Gasteiger partial charge on any atom is 0.522 e. The Bertz CT molecular complexity index is 1220. The number of ether oxygens (including phenoxy) is 3. The SMILES string of the molecule is COc1cc(C(=O)N2CCC3(CC2)c2ccc(C(=O)C(F)(F)F)n2CCN3C)ccc1OCCOC(F)(F)F. The standard InChI is InChI=1S/C25H27F6N3O5/c1-32-11-12-34-17(21(35)24(26,27)28)4-6-20(34)23(32)7-9-33(10-8-23)22(36)16-3-5-18(19(15-16)37-2)38-13-14-39-25(29,30)31/h3-6,15H,7-14H2,1-2H3. The lowest BCUT2D eigenvalue weighted by atomic mass is 9.81. The molecule has 14 heteroatoms. The van der Waals surface area contributed by atoms with Crippen LogP contribution in [0.1, 0.15) is 39.4 Å². The second-order valence-corrected chi connectivity index (χ2v) is 9.34. The van der Waals surface area contributed by atoms with E-state index in [0.29, 0.717) is 38.2 Å². The Morgan fingerprint density at radius 1 is 0.923 bits per heavy atom. The van der Waals surface area contributed by atoms with E-state index < -0.39 is 30.5 Å². The van der Waals surface area contributed by atoms with Gasteiger partial charge in [-0.3, -0.25) is 19.2 Å². The van der Waals surface area contributed by atoms with E-state index in [-0.39, 0.29) is 41.8 Å². The number of rotatable bonds is 7. The van der Waals surface area contributed by atoms with Crippen LogP contribution in [0.4, 0.5) is 26.3 Å². The molecule has 8 nitrogen and oxygen atoms in total. The van der Waals surface area contributed by atoms with Gasteiger partial charge in [-0.1, -0.05) is 0 Å². The first-order valence-electron chi connectivity index (χ1n) is 12.1. The van der Waals surface area contributed by atoms with Gasteiger partial charge in [0.1, 0.15) is 6.61 Å². The first-order chi connectivity index (χ1) is 18.3. The number of hydrogen-bond donors (Lipinski definition) is 0. The van der Waals surface area contributed by atoms with Crippen LogP contribution in [0.2, 0.25) is 0 Å². The Morgan fingerprint density at radius 2 is 1.62 bits per heavy atom. The summed E-state index contributed by atoms with van der Waals surface area (Å²) in [5, 5.41) is 0. The number of carbonyl (C=O) groups is 2. The lowest BCUT2D eigenvalue weighted by Crippen LogP contribution is -2.56. The molecule has 1 fully saturated rings. The third-order valence-electron chi connectivity index (χ3n) is 7.23. The predicted molar refractivity (Wildman–Crippen MR) is 125 cm³/mol. The molecule has 214 valence electrons. The summed E-state index contributed by atoms with van der Waals surface area (Å²) >= 11 is 0. The topological polar surface area (TPSA) is 73.2 Å². The third kappa shape index (κ3) is 5.86. The van der Waals surface area contributed by atoms with Gasteiger partial charge in [-0.25, -0.2) is 0 Å². The zero-order chi connectivity index (χ0) is 28.6. The zero-order valence-corrected chi connectivity index (χ0v) is 21.2. The fraction of sp³-hybridized carbons (Fsp3) is 0.520. The maximum atomic E-state index is 13.2. The molecule has 4 rings (SSSR count). The van der Waals surface area contributed by atoms with Crippen molar-refractivity contribution in [2.45, 2.75) is 37.5 Å². The highest BCUT2D eigenvalue weighted by Crippen LogP contribution is 2.42. The summed E-state index contributed by atoms with van der Waals surface area (Å²) in [6, 6.07) is 7.11. The van der Waals surface area contributed by atoms with Crippen molar-refractivity contribution in [3.8, 4) is 11.5 Å². The van der Waals surface area contributed by atoms with Crippen molar-refractivity contribution in [3.05, 3.63) is 47.3 Å². The van der Waals surface area contributed by atoms with Crippen LogP contribution in [0.5, 0.6) is 11.5 Å². The highest BCUT2D eigenvalue weighted by molar-refractivity contribution is 5.99. The highest BCUT2D eigenvalue weighted by atomic mass is 19.4. The van der Waals surface area contributed by atoms with Gasteiger partial charge in [-0.05, 0) is 50.2 Å². The molecular weight excluding hydrogens is 536 g/mol. The minimum Gasteiger partial charge on any atom is -0.493 e. The van der Waals surface area contributed by atoms with E-state index in [4.69, 9.17) is 9.47 Å². The van der Waals surface area contributed by atoms with E-state index in [0.717, 1.165) is 0 Å². The lowest BCUT2D eigenvalue weighted by Gasteiger charge is -2.50. The first kappa shape index (κ1) is 28.7. The quantitative estimate of drug-likeness (QED) is 0.285. The summed E-state index contributed by atoms with van der Waals surface area (Å²) in [6.07, 6.45) is -8.86. The van der Waals surface area contributed by atoms with Crippen LogP contribution in [0.15, 0.2) is 30.3 Å². The summed E-state index contributed by atoms with van der Waals surface area (Å²) in [5.41, 5.74) is -0.121. The van der Waals surface area contributed by atoms with E-state index in [1.54, 1.807) is 11.0 Å². The van der Waals surface area contributed by atoms with E-state index >= 15 is 0 Å². The maximum absolute atomic E-state index is 13.2. The summed E-state index contributed by atoms with van der Waals surface area (Å²) in [5.74, 6) is -1.88. The molecule has 0 saturated carbocycles. The number of halogens is 6. The van der Waals surface area contributed by atoms with Gasteiger partial charge in [0.2, 0.25) is 0 Å². The molecule has 1 amide bonds. The van der Waals surface area contributed by atoms with Crippen molar-refractivity contribution in [1.82, 2.24) is 14.4 Å². The second-order valence-electron chi connectivity index (χ2n) is 9.34. The molecule has 0 bridgehead atoms. The molecule has 1 saturated heterocycles. The van der Waals surface area contributed by atoms with Crippen LogP contribution >= 0.6 is 0 Å². The molecule has 0 aliphatic carbocycles. The lowest BCUT2D eigenvalue weighted by molar-refractivity contribution is -0.325. The first-order valence-corrected chi connectivity index (χ1v) is 12.1. The fourth-order valence-corrected chi connectivity index (χ4v) is 5.25. The summed E-state index contributed by atoms with van der Waals surface area (Å²) < 4.78 is 91.4. The van der Waals surface area contributed by atoms with Crippen molar-refractivity contribution >= 4 is 11.7 Å². The number of methoxy groups -OCH3 is 1. The average molecular weight is 563 g/mol. The Morgan fingerprint density at radius 3 is 2.23 bits per heavy atom. The second kappa shape index (κ2) is 10.7. The molecular formula is C25H27F6N3O5. The van der Waals surface area contributed by atoms with E-state index in [1.165, 1.54) is 35.9 Å². The van der Waals surface area contributed by atoms with Crippen LogP contribution in [0.3, 0.4) is 0 Å². The molecule has 1 aromatic heterocycles. The van der Waals surface area contributed by atoms with E-state index in [2.05, 4.69) is 9.64 Å². The van der Waals surface area contributed by atoms with Crippen molar-refractivity contribution in [2.24, 2.45) is 0 Å². The van der Waals surface area contributed by atoms with Gasteiger partial charge >= 0.3 is 12.5 Å². The monoisotopic (exact) mass is 563 g/mol. The molecule has 0 radical (unpaired) electrons. The van der Waals surface area contributed by atoms with Crippen molar-refractivity contribution in [3.63, 3.8) is 0 Å². The van der Waals surface area contributed by atoms with Gasteiger partial charge in [0.25, 0.3) is 11.7 Å². The van der Waals surface area contributed by atoms with Gasteiger partial charge in [0, 0.05) is 37.4 Å². The van der Waals surface area contributed by atoms with Gasteiger partial charge < -0.3 is 18.9 Å². The normalized spacial score (nSPS) is 17.7. The minimum absolute atomic E-state index is 0.145. The average Bonchev–Trinajstić information content (AvgIpc) is 3.32. The highest BCUT2D eigenvalue weighted by Gasteiger charge is 2.48. The van der Waals surface area contributed by atoms with Crippen molar-refractivity contribution in [2.75, 3.05) is 47.0 Å². The summed E-state index contributed by atoms with van der Waals surface area (Å²) in [7, 11) is 3.21. The van der Waals surface area contributed by atoms with Crippen LogP contribution in [-0.2, 0) is 16.8 Å². The Kier molecular flexibility index (Phi) is 7.90. The Balaban J connectivity index is 1.45. The number of carbonyl (C=O) groups excluding carboxylic acids is 2. The number of benzene rings is 1. The van der Waals surface area contributed by atoms with Crippen molar-refractivity contribution in [1.29, 1.82) is 0 Å². The van der Waals surface area contributed by atoms with Gasteiger partial charge in [-0.2, -0.15) is 13.2 Å². The number of piperidine rings is 1. The largest absolute Gasteiger partial charge is 0.522 e. The minimum atomic E-state index is -4.97.